The SMILES string of the molecule is Cc1cccc2scc(Cc3c(SCCCCC(=O)O)nc4ccccn34)c12. The Morgan fingerprint density at radius 2 is 2.11 bits per heavy atom. The van der Waals surface area contributed by atoms with Gasteiger partial charge in [-0.3, -0.25) is 4.79 Å². The van der Waals surface area contributed by atoms with Crippen LogP contribution in [0.4, 0.5) is 0 Å². The van der Waals surface area contributed by atoms with E-state index in [1.54, 1.807) is 23.1 Å². The van der Waals surface area contributed by atoms with Crippen molar-refractivity contribution in [3.05, 3.63) is 64.8 Å². The molecule has 1 N–H and O–H groups in total. The van der Waals surface area contributed by atoms with Crippen LogP contribution in [0.1, 0.15) is 36.1 Å². The highest BCUT2D eigenvalue weighted by atomic mass is 32.2. The first-order valence-corrected chi connectivity index (χ1v) is 11.3. The maximum Gasteiger partial charge on any atom is 0.303 e. The van der Waals surface area contributed by atoms with Crippen LogP contribution in [-0.4, -0.2) is 26.2 Å². The summed E-state index contributed by atoms with van der Waals surface area (Å²) < 4.78 is 3.51. The Morgan fingerprint density at radius 3 is 2.96 bits per heavy atom. The molecule has 28 heavy (non-hydrogen) atoms. The molecular weight excluding hydrogens is 388 g/mol. The van der Waals surface area contributed by atoms with Gasteiger partial charge in [-0.2, -0.15) is 0 Å². The number of aliphatic carboxylic acids is 1. The molecule has 0 amide bonds. The van der Waals surface area contributed by atoms with Gasteiger partial charge in [0.1, 0.15) is 10.7 Å². The molecule has 4 rings (SSSR count). The van der Waals surface area contributed by atoms with Gasteiger partial charge in [-0.05, 0) is 65.6 Å². The predicted molar refractivity (Wildman–Crippen MR) is 117 cm³/mol. The van der Waals surface area contributed by atoms with E-state index in [2.05, 4.69) is 41.1 Å². The van der Waals surface area contributed by atoms with Gasteiger partial charge in [0.15, 0.2) is 0 Å². The third-order valence-electron chi connectivity index (χ3n) is 4.86. The van der Waals surface area contributed by atoms with Crippen LogP contribution in [0.3, 0.4) is 0 Å². The van der Waals surface area contributed by atoms with Crippen LogP contribution in [0.5, 0.6) is 0 Å². The zero-order valence-corrected chi connectivity index (χ0v) is 17.4. The largest absolute Gasteiger partial charge is 0.481 e. The summed E-state index contributed by atoms with van der Waals surface area (Å²) in [7, 11) is 0. The van der Waals surface area contributed by atoms with E-state index in [1.165, 1.54) is 26.9 Å². The minimum absolute atomic E-state index is 0.235. The number of fused-ring (bicyclic) bond motifs is 2. The second-order valence-corrected chi connectivity index (χ2v) is 8.87. The van der Waals surface area contributed by atoms with Crippen molar-refractivity contribution in [2.45, 2.75) is 37.6 Å². The van der Waals surface area contributed by atoms with Crippen LogP contribution in [-0.2, 0) is 11.2 Å². The minimum atomic E-state index is -0.724. The van der Waals surface area contributed by atoms with Crippen LogP contribution in [0.2, 0.25) is 0 Å². The molecule has 0 spiro atoms. The Labute approximate surface area is 172 Å². The first kappa shape index (κ1) is 19.0. The maximum atomic E-state index is 10.7. The molecule has 1 aromatic carbocycles. The van der Waals surface area contributed by atoms with E-state index in [0.717, 1.165) is 29.3 Å². The minimum Gasteiger partial charge on any atom is -0.481 e. The Bertz CT molecular complexity index is 1130. The molecular formula is C22H22N2O2S2. The van der Waals surface area contributed by atoms with Crippen molar-refractivity contribution >= 4 is 44.8 Å². The van der Waals surface area contributed by atoms with Crippen LogP contribution in [0.25, 0.3) is 15.7 Å². The molecule has 3 heterocycles. The second kappa shape index (κ2) is 8.37. The fraction of sp³-hybridized carbons (Fsp3) is 0.273. The fourth-order valence-electron chi connectivity index (χ4n) is 3.50. The standard InChI is InChI=1S/C22H22N2O2S2/c1-15-7-6-8-18-21(15)16(14-28-18)13-17-22(27-12-5-3-10-20(25)26)23-19-9-2-4-11-24(17)19/h2,4,6-9,11,14H,3,5,10,12-13H2,1H3,(H,25,26). The number of hydrogen-bond acceptors (Lipinski definition) is 4. The van der Waals surface area contributed by atoms with Gasteiger partial charge in [-0.15, -0.1) is 23.1 Å². The van der Waals surface area contributed by atoms with E-state index in [0.29, 0.717) is 6.42 Å². The van der Waals surface area contributed by atoms with E-state index in [-0.39, 0.29) is 6.42 Å². The Balaban J connectivity index is 1.62. The summed E-state index contributed by atoms with van der Waals surface area (Å²) in [6, 6.07) is 12.6. The lowest BCUT2D eigenvalue weighted by atomic mass is 10.0. The highest BCUT2D eigenvalue weighted by Crippen LogP contribution is 2.33. The maximum absolute atomic E-state index is 10.7. The Kier molecular flexibility index (Phi) is 5.69. The molecule has 0 unspecified atom stereocenters. The quantitative estimate of drug-likeness (QED) is 0.295. The van der Waals surface area contributed by atoms with Gasteiger partial charge in [0.05, 0.1) is 5.69 Å². The number of aromatic nitrogens is 2. The van der Waals surface area contributed by atoms with Crippen molar-refractivity contribution < 1.29 is 9.90 Å². The average Bonchev–Trinajstić information content (AvgIpc) is 3.24. The molecule has 0 fully saturated rings. The lowest BCUT2D eigenvalue weighted by Crippen LogP contribution is -1.97. The van der Waals surface area contributed by atoms with Gasteiger partial charge in [0.25, 0.3) is 0 Å². The van der Waals surface area contributed by atoms with Crippen LogP contribution < -0.4 is 0 Å². The van der Waals surface area contributed by atoms with E-state index < -0.39 is 5.97 Å². The molecule has 0 radical (unpaired) electrons. The zero-order valence-electron chi connectivity index (χ0n) is 15.7. The lowest BCUT2D eigenvalue weighted by molar-refractivity contribution is -0.137. The number of hydrogen-bond donors (Lipinski definition) is 1. The third kappa shape index (κ3) is 3.93. The van der Waals surface area contributed by atoms with Gasteiger partial charge in [-0.25, -0.2) is 4.98 Å². The predicted octanol–water partition coefficient (Wildman–Crippen LogP) is 5.80. The van der Waals surface area contributed by atoms with Gasteiger partial charge in [0.2, 0.25) is 0 Å². The average molecular weight is 411 g/mol. The Morgan fingerprint density at radius 1 is 1.21 bits per heavy atom. The highest BCUT2D eigenvalue weighted by molar-refractivity contribution is 7.99. The number of pyridine rings is 1. The van der Waals surface area contributed by atoms with Gasteiger partial charge in [0, 0.05) is 23.7 Å². The molecule has 0 aliphatic carbocycles. The summed E-state index contributed by atoms with van der Waals surface area (Å²) >= 11 is 3.53. The van der Waals surface area contributed by atoms with Crippen molar-refractivity contribution in [3.8, 4) is 0 Å². The van der Waals surface area contributed by atoms with Crippen LogP contribution >= 0.6 is 23.1 Å². The van der Waals surface area contributed by atoms with Crippen molar-refractivity contribution in [1.82, 2.24) is 9.38 Å². The molecule has 0 bridgehead atoms. The van der Waals surface area contributed by atoms with Gasteiger partial charge >= 0.3 is 5.97 Å². The second-order valence-electron chi connectivity index (χ2n) is 6.88. The first-order valence-electron chi connectivity index (χ1n) is 9.40. The first-order chi connectivity index (χ1) is 13.6. The number of benzene rings is 1. The molecule has 144 valence electrons. The molecule has 3 aromatic heterocycles. The molecule has 0 saturated carbocycles. The normalized spacial score (nSPS) is 11.5. The number of thiophene rings is 1. The summed E-state index contributed by atoms with van der Waals surface area (Å²) in [6.07, 6.45) is 4.74. The summed E-state index contributed by atoms with van der Waals surface area (Å²) in [5, 5.41) is 13.5. The fourth-order valence-corrected chi connectivity index (χ4v) is 5.58. The lowest BCUT2D eigenvalue weighted by Gasteiger charge is -2.06. The third-order valence-corrected chi connectivity index (χ3v) is 6.95. The number of aryl methyl sites for hydroxylation is 1. The Hall–Kier alpha value is -2.31. The number of carboxylic acid groups (broad SMARTS) is 1. The number of nitrogens with zero attached hydrogens (tertiary/aromatic N) is 2. The van der Waals surface area contributed by atoms with Gasteiger partial charge in [-0.1, -0.05) is 18.2 Å². The van der Waals surface area contributed by atoms with Crippen molar-refractivity contribution in [1.29, 1.82) is 0 Å². The summed E-state index contributed by atoms with van der Waals surface area (Å²) in [5.41, 5.74) is 4.82. The molecule has 4 nitrogen and oxygen atoms in total. The molecule has 0 atom stereocenters. The van der Waals surface area contributed by atoms with Crippen molar-refractivity contribution in [3.63, 3.8) is 0 Å². The van der Waals surface area contributed by atoms with E-state index in [4.69, 9.17) is 10.1 Å². The smallest absolute Gasteiger partial charge is 0.303 e. The molecule has 0 saturated heterocycles. The summed E-state index contributed by atoms with van der Waals surface area (Å²) in [5.74, 6) is 0.159. The number of carbonyl (C=O) groups is 1. The van der Waals surface area contributed by atoms with E-state index >= 15 is 0 Å². The zero-order chi connectivity index (χ0) is 19.5. The van der Waals surface area contributed by atoms with Crippen LogP contribution in [0, 0.1) is 6.92 Å². The number of carboxylic acids is 1. The summed E-state index contributed by atoms with van der Waals surface area (Å²) in [4.78, 5) is 15.5. The number of imidazole rings is 1. The van der Waals surface area contributed by atoms with E-state index in [1.807, 2.05) is 18.2 Å². The topological polar surface area (TPSA) is 54.6 Å². The number of rotatable bonds is 8. The van der Waals surface area contributed by atoms with Gasteiger partial charge < -0.3 is 9.51 Å². The monoisotopic (exact) mass is 410 g/mol. The number of unbranched alkanes of at least 4 members (excludes halogenated alkanes) is 1. The van der Waals surface area contributed by atoms with Crippen molar-refractivity contribution in [2.75, 3.05) is 5.75 Å². The number of thioether (sulfide) groups is 1. The molecule has 0 aliphatic rings. The van der Waals surface area contributed by atoms with Crippen molar-refractivity contribution in [2.24, 2.45) is 0 Å². The molecule has 6 heteroatoms. The highest BCUT2D eigenvalue weighted by Gasteiger charge is 2.16. The molecule has 4 aromatic rings. The van der Waals surface area contributed by atoms with E-state index in [9.17, 15) is 4.79 Å². The summed E-state index contributed by atoms with van der Waals surface area (Å²) in [6.45, 7) is 2.17. The van der Waals surface area contributed by atoms with Crippen LogP contribution in [0.15, 0.2) is 53.0 Å². The molecule has 0 aliphatic heterocycles.